The molecule has 11 heavy (non-hydrogen) atoms. The van der Waals surface area contributed by atoms with Crippen LogP contribution in [0.25, 0.3) is 0 Å². The molecule has 1 heterocycles. The minimum Gasteiger partial charge on any atom is -0.393 e. The molecule has 1 aliphatic carbocycles. The van der Waals surface area contributed by atoms with E-state index in [1.165, 1.54) is 4.80 Å². The molecule has 1 aromatic heterocycles. The third-order valence-electron chi connectivity index (χ3n) is 2.00. The van der Waals surface area contributed by atoms with E-state index in [4.69, 9.17) is 5.11 Å². The van der Waals surface area contributed by atoms with Gasteiger partial charge >= 0.3 is 0 Å². The van der Waals surface area contributed by atoms with Gasteiger partial charge in [0.2, 0.25) is 0 Å². The van der Waals surface area contributed by atoms with Crippen LogP contribution in [-0.2, 0) is 7.05 Å². The summed E-state index contributed by atoms with van der Waals surface area (Å²) in [6.45, 7) is 0. The number of hydrogen-bond donors (Lipinski definition) is 1. The van der Waals surface area contributed by atoms with E-state index in [0.717, 1.165) is 18.7 Å². The Labute approximate surface area is 64.0 Å². The minimum atomic E-state index is -0.149. The number of tetrazole rings is 1. The summed E-state index contributed by atoms with van der Waals surface area (Å²) in [5, 5.41) is 20.6. The number of rotatable bonds is 1. The number of aromatic nitrogens is 4. The summed E-state index contributed by atoms with van der Waals surface area (Å²) in [6, 6.07) is 0. The average molecular weight is 154 g/mol. The van der Waals surface area contributed by atoms with Crippen LogP contribution < -0.4 is 0 Å². The molecular formula is C6H10N4O. The van der Waals surface area contributed by atoms with Crippen molar-refractivity contribution in [2.24, 2.45) is 7.05 Å². The van der Waals surface area contributed by atoms with Crippen LogP contribution in [0.15, 0.2) is 0 Å². The van der Waals surface area contributed by atoms with Crippen molar-refractivity contribution < 1.29 is 5.11 Å². The molecule has 0 radical (unpaired) electrons. The monoisotopic (exact) mass is 154 g/mol. The van der Waals surface area contributed by atoms with Gasteiger partial charge in [-0.15, -0.1) is 10.2 Å². The number of hydrogen-bond acceptors (Lipinski definition) is 4. The lowest BCUT2D eigenvalue weighted by Gasteiger charge is -2.28. The maximum absolute atomic E-state index is 9.00. The maximum atomic E-state index is 9.00. The summed E-state index contributed by atoms with van der Waals surface area (Å²) < 4.78 is 0. The van der Waals surface area contributed by atoms with Crippen LogP contribution in [0, 0.1) is 0 Å². The van der Waals surface area contributed by atoms with E-state index in [1.54, 1.807) is 7.05 Å². The number of nitrogens with zero attached hydrogens (tertiary/aromatic N) is 4. The first kappa shape index (κ1) is 6.72. The van der Waals surface area contributed by atoms with Crippen molar-refractivity contribution in [1.29, 1.82) is 0 Å². The summed E-state index contributed by atoms with van der Waals surface area (Å²) in [4.78, 5) is 1.44. The van der Waals surface area contributed by atoms with Crippen molar-refractivity contribution in [2.75, 3.05) is 0 Å². The molecule has 0 aromatic carbocycles. The number of aliphatic hydroxyl groups excluding tert-OH is 1. The quantitative estimate of drug-likeness (QED) is 0.589. The highest BCUT2D eigenvalue weighted by Crippen LogP contribution is 2.34. The zero-order chi connectivity index (χ0) is 7.84. The van der Waals surface area contributed by atoms with Gasteiger partial charge in [0.15, 0.2) is 5.82 Å². The van der Waals surface area contributed by atoms with Gasteiger partial charge in [0.25, 0.3) is 0 Å². The van der Waals surface area contributed by atoms with Crippen molar-refractivity contribution in [1.82, 2.24) is 20.2 Å². The van der Waals surface area contributed by atoms with E-state index in [9.17, 15) is 0 Å². The fourth-order valence-corrected chi connectivity index (χ4v) is 1.26. The van der Waals surface area contributed by atoms with Crippen LogP contribution in [0.4, 0.5) is 0 Å². The molecule has 0 bridgehead atoms. The van der Waals surface area contributed by atoms with E-state index in [-0.39, 0.29) is 6.10 Å². The molecular weight excluding hydrogens is 144 g/mol. The summed E-state index contributed by atoms with van der Waals surface area (Å²) in [5.74, 6) is 1.09. The van der Waals surface area contributed by atoms with E-state index < -0.39 is 0 Å². The Morgan fingerprint density at radius 2 is 2.27 bits per heavy atom. The largest absolute Gasteiger partial charge is 0.393 e. The molecule has 60 valence electrons. The van der Waals surface area contributed by atoms with Crippen molar-refractivity contribution in [2.45, 2.75) is 24.9 Å². The van der Waals surface area contributed by atoms with Gasteiger partial charge in [0.1, 0.15) is 0 Å². The second-order valence-electron chi connectivity index (χ2n) is 2.96. The smallest absolute Gasteiger partial charge is 0.178 e. The predicted octanol–water partition coefficient (Wildman–Crippen LogP) is -0.552. The lowest BCUT2D eigenvalue weighted by atomic mass is 9.82. The Kier molecular flexibility index (Phi) is 1.38. The fraction of sp³-hybridized carbons (Fsp3) is 0.833. The van der Waals surface area contributed by atoms with Crippen LogP contribution in [0.1, 0.15) is 24.6 Å². The van der Waals surface area contributed by atoms with Gasteiger partial charge in [-0.25, -0.2) is 0 Å². The van der Waals surface area contributed by atoms with E-state index >= 15 is 0 Å². The molecule has 2 rings (SSSR count). The Balaban J connectivity index is 2.07. The fourth-order valence-electron chi connectivity index (χ4n) is 1.26. The van der Waals surface area contributed by atoms with Crippen LogP contribution >= 0.6 is 0 Å². The summed E-state index contributed by atoms with van der Waals surface area (Å²) in [7, 11) is 1.74. The van der Waals surface area contributed by atoms with Crippen molar-refractivity contribution >= 4 is 0 Å². The van der Waals surface area contributed by atoms with Gasteiger partial charge in [-0.3, -0.25) is 0 Å². The minimum absolute atomic E-state index is 0.149. The Morgan fingerprint density at radius 1 is 1.55 bits per heavy atom. The summed E-state index contributed by atoms with van der Waals surface area (Å²) >= 11 is 0. The molecule has 1 aromatic rings. The normalized spacial score (nSPS) is 30.0. The molecule has 1 saturated carbocycles. The molecule has 0 spiro atoms. The highest BCUT2D eigenvalue weighted by molar-refractivity contribution is 5.00. The third kappa shape index (κ3) is 1.11. The molecule has 0 saturated heterocycles. The SMILES string of the molecule is Cn1nnc(C2CC(O)C2)n1. The highest BCUT2D eigenvalue weighted by Gasteiger charge is 2.31. The van der Waals surface area contributed by atoms with Crippen LogP contribution in [0.5, 0.6) is 0 Å². The lowest BCUT2D eigenvalue weighted by Crippen LogP contribution is -2.27. The molecule has 1 fully saturated rings. The van der Waals surface area contributed by atoms with E-state index in [2.05, 4.69) is 15.4 Å². The molecule has 1 aliphatic rings. The van der Waals surface area contributed by atoms with E-state index in [1.807, 2.05) is 0 Å². The molecule has 0 aliphatic heterocycles. The lowest BCUT2D eigenvalue weighted by molar-refractivity contribution is 0.0716. The second kappa shape index (κ2) is 2.27. The topological polar surface area (TPSA) is 63.8 Å². The van der Waals surface area contributed by atoms with Gasteiger partial charge in [-0.1, -0.05) is 0 Å². The average Bonchev–Trinajstić information content (AvgIpc) is 2.29. The molecule has 5 nitrogen and oxygen atoms in total. The van der Waals surface area contributed by atoms with Gasteiger partial charge in [-0.2, -0.15) is 4.80 Å². The van der Waals surface area contributed by atoms with Gasteiger partial charge < -0.3 is 5.11 Å². The summed E-state index contributed by atoms with van der Waals surface area (Å²) in [5.41, 5.74) is 0. The first-order valence-electron chi connectivity index (χ1n) is 3.67. The first-order valence-corrected chi connectivity index (χ1v) is 3.67. The van der Waals surface area contributed by atoms with Gasteiger partial charge in [0, 0.05) is 5.92 Å². The van der Waals surface area contributed by atoms with E-state index in [0.29, 0.717) is 5.92 Å². The summed E-state index contributed by atoms with van der Waals surface area (Å²) in [6.07, 6.45) is 1.42. The zero-order valence-corrected chi connectivity index (χ0v) is 6.30. The van der Waals surface area contributed by atoms with Crippen molar-refractivity contribution in [3.05, 3.63) is 5.82 Å². The standard InChI is InChI=1S/C6H10N4O/c1-10-8-6(7-9-10)4-2-5(11)3-4/h4-5,11H,2-3H2,1H3. The zero-order valence-electron chi connectivity index (χ0n) is 6.30. The first-order chi connectivity index (χ1) is 5.25. The predicted molar refractivity (Wildman–Crippen MR) is 36.8 cm³/mol. The Bertz CT molecular complexity index is 253. The third-order valence-corrected chi connectivity index (χ3v) is 2.00. The number of aryl methyl sites for hydroxylation is 1. The molecule has 1 N–H and O–H groups in total. The maximum Gasteiger partial charge on any atom is 0.178 e. The van der Waals surface area contributed by atoms with Crippen LogP contribution in [0.2, 0.25) is 0 Å². The highest BCUT2D eigenvalue weighted by atomic mass is 16.3. The molecule has 0 atom stereocenters. The second-order valence-corrected chi connectivity index (χ2v) is 2.96. The van der Waals surface area contributed by atoms with Gasteiger partial charge in [-0.05, 0) is 18.1 Å². The van der Waals surface area contributed by atoms with Gasteiger partial charge in [0.05, 0.1) is 13.2 Å². The Hall–Kier alpha value is -0.970. The molecule has 0 unspecified atom stereocenters. The molecule has 5 heteroatoms. The van der Waals surface area contributed by atoms with Crippen LogP contribution in [0.3, 0.4) is 0 Å². The van der Waals surface area contributed by atoms with Crippen molar-refractivity contribution in [3.63, 3.8) is 0 Å². The molecule has 0 amide bonds. The Morgan fingerprint density at radius 3 is 2.73 bits per heavy atom. The number of aliphatic hydroxyl groups is 1. The van der Waals surface area contributed by atoms with Crippen molar-refractivity contribution in [3.8, 4) is 0 Å². The van der Waals surface area contributed by atoms with Crippen LogP contribution in [-0.4, -0.2) is 31.4 Å².